The van der Waals surface area contributed by atoms with Crippen molar-refractivity contribution < 1.29 is 9.53 Å². The molecule has 5 nitrogen and oxygen atoms in total. The predicted molar refractivity (Wildman–Crippen MR) is 104 cm³/mol. The molecule has 2 aromatic carbocycles. The summed E-state index contributed by atoms with van der Waals surface area (Å²) in [5, 5.41) is 7.73. The maximum Gasteiger partial charge on any atom is 0.251 e. The average Bonchev–Trinajstić information content (AvgIpc) is 3.10. The van der Waals surface area contributed by atoms with Crippen molar-refractivity contribution in [3.63, 3.8) is 0 Å². The molecule has 1 aromatic heterocycles. The molecule has 0 bridgehead atoms. The molecule has 1 aliphatic heterocycles. The highest BCUT2D eigenvalue weighted by molar-refractivity contribution is 5.95. The number of nitrogens with zero attached hydrogens (tertiary/aromatic N) is 2. The minimum atomic E-state index is -0.209. The molecule has 0 aliphatic carbocycles. The number of nitrogens with one attached hydrogen (secondary N) is 1. The number of aryl methyl sites for hydroxylation is 1. The molecule has 3 aromatic rings. The third-order valence-corrected chi connectivity index (χ3v) is 4.89. The van der Waals surface area contributed by atoms with Gasteiger partial charge in [-0.3, -0.25) is 9.48 Å². The van der Waals surface area contributed by atoms with Crippen molar-refractivity contribution in [1.82, 2.24) is 15.1 Å². The molecule has 0 saturated heterocycles. The fourth-order valence-corrected chi connectivity index (χ4v) is 3.45. The van der Waals surface area contributed by atoms with E-state index in [4.69, 9.17) is 9.84 Å². The van der Waals surface area contributed by atoms with Crippen LogP contribution in [-0.2, 0) is 17.7 Å². The van der Waals surface area contributed by atoms with Gasteiger partial charge in [0.1, 0.15) is 6.10 Å². The van der Waals surface area contributed by atoms with E-state index in [2.05, 4.69) is 23.6 Å². The number of hydrogen-bond donors (Lipinski definition) is 1. The minimum absolute atomic E-state index is 0.0764. The Morgan fingerprint density at radius 3 is 2.78 bits per heavy atom. The van der Waals surface area contributed by atoms with Crippen LogP contribution in [-0.4, -0.2) is 28.8 Å². The molecule has 0 unspecified atom stereocenters. The van der Waals surface area contributed by atoms with E-state index < -0.39 is 0 Å². The van der Waals surface area contributed by atoms with E-state index in [-0.39, 0.29) is 12.0 Å². The molecule has 1 amide bonds. The van der Waals surface area contributed by atoms with E-state index >= 15 is 0 Å². The van der Waals surface area contributed by atoms with Crippen LogP contribution in [0.1, 0.15) is 38.8 Å². The van der Waals surface area contributed by atoms with E-state index in [1.165, 1.54) is 11.1 Å². The quantitative estimate of drug-likeness (QED) is 0.759. The maximum atomic E-state index is 12.5. The van der Waals surface area contributed by atoms with Crippen molar-refractivity contribution in [2.75, 3.05) is 13.2 Å². The number of aromatic nitrogens is 2. The fraction of sp³-hybridized carbons (Fsp3) is 0.273. The molecule has 1 aliphatic rings. The molecular formula is C22H23N3O2. The number of amides is 1. The van der Waals surface area contributed by atoms with Crippen LogP contribution in [0.2, 0.25) is 0 Å². The van der Waals surface area contributed by atoms with Crippen LogP contribution in [0.25, 0.3) is 0 Å². The molecule has 0 fully saturated rings. The Bertz CT molecular complexity index is 934. The van der Waals surface area contributed by atoms with E-state index in [0.29, 0.717) is 18.7 Å². The summed E-state index contributed by atoms with van der Waals surface area (Å²) in [6.45, 7) is 3.74. The van der Waals surface area contributed by atoms with Gasteiger partial charge in [-0.15, -0.1) is 0 Å². The van der Waals surface area contributed by atoms with Gasteiger partial charge >= 0.3 is 0 Å². The summed E-state index contributed by atoms with van der Waals surface area (Å²) in [7, 11) is 0. The first-order chi connectivity index (χ1) is 13.2. The second-order valence-electron chi connectivity index (χ2n) is 6.86. The van der Waals surface area contributed by atoms with Gasteiger partial charge < -0.3 is 10.1 Å². The zero-order chi connectivity index (χ0) is 18.6. The molecule has 1 N–H and O–H groups in total. The zero-order valence-corrected chi connectivity index (χ0v) is 15.4. The molecule has 0 spiro atoms. The number of ether oxygens (including phenoxy) is 1. The number of carbonyl (C=O) groups excluding carboxylic acids is 1. The lowest BCUT2D eigenvalue weighted by Crippen LogP contribution is -2.32. The highest BCUT2D eigenvalue weighted by Gasteiger charge is 2.25. The van der Waals surface area contributed by atoms with Crippen LogP contribution in [0, 0.1) is 6.92 Å². The van der Waals surface area contributed by atoms with Crippen molar-refractivity contribution in [2.45, 2.75) is 26.0 Å². The van der Waals surface area contributed by atoms with Crippen molar-refractivity contribution in [1.29, 1.82) is 0 Å². The van der Waals surface area contributed by atoms with Crippen LogP contribution in [0.4, 0.5) is 0 Å². The Hall–Kier alpha value is -2.92. The summed E-state index contributed by atoms with van der Waals surface area (Å²) in [6.07, 6.45) is 2.74. The third-order valence-electron chi connectivity index (χ3n) is 4.89. The Kier molecular flexibility index (Phi) is 5.03. The number of benzene rings is 2. The summed E-state index contributed by atoms with van der Waals surface area (Å²) >= 11 is 0. The second kappa shape index (κ2) is 7.76. The normalized spacial score (nSPS) is 16.0. The first kappa shape index (κ1) is 17.5. The SMILES string of the molecule is Cc1ccccc1C(=O)NC[C@H]1OCCc2cn(Cc3ccccc3)nc21. The lowest BCUT2D eigenvalue weighted by Gasteiger charge is -2.22. The summed E-state index contributed by atoms with van der Waals surface area (Å²) in [4.78, 5) is 12.5. The number of carbonyl (C=O) groups is 1. The van der Waals surface area contributed by atoms with Crippen molar-refractivity contribution >= 4 is 5.91 Å². The average molecular weight is 361 g/mol. The smallest absolute Gasteiger partial charge is 0.251 e. The molecule has 0 saturated carbocycles. The van der Waals surface area contributed by atoms with Crippen molar-refractivity contribution in [3.05, 3.63) is 88.7 Å². The first-order valence-corrected chi connectivity index (χ1v) is 9.26. The van der Waals surface area contributed by atoms with E-state index in [1.54, 1.807) is 0 Å². The maximum absolute atomic E-state index is 12.5. The Balaban J connectivity index is 1.45. The molecule has 0 radical (unpaired) electrons. The number of rotatable bonds is 5. The Morgan fingerprint density at radius 2 is 1.96 bits per heavy atom. The van der Waals surface area contributed by atoms with Crippen LogP contribution < -0.4 is 5.32 Å². The van der Waals surface area contributed by atoms with Gasteiger partial charge in [0.05, 0.1) is 18.8 Å². The van der Waals surface area contributed by atoms with Gasteiger partial charge in [0.2, 0.25) is 0 Å². The van der Waals surface area contributed by atoms with Gasteiger partial charge in [-0.25, -0.2) is 0 Å². The molecule has 1 atom stereocenters. The first-order valence-electron chi connectivity index (χ1n) is 9.26. The second-order valence-corrected chi connectivity index (χ2v) is 6.86. The topological polar surface area (TPSA) is 56.1 Å². The summed E-state index contributed by atoms with van der Waals surface area (Å²) in [6, 6.07) is 17.9. The summed E-state index contributed by atoms with van der Waals surface area (Å²) in [5.41, 5.74) is 5.01. The van der Waals surface area contributed by atoms with Gasteiger partial charge in [-0.05, 0) is 36.1 Å². The molecule has 2 heterocycles. The van der Waals surface area contributed by atoms with Gasteiger partial charge in [0, 0.05) is 18.3 Å². The van der Waals surface area contributed by atoms with E-state index in [9.17, 15) is 4.79 Å². The zero-order valence-electron chi connectivity index (χ0n) is 15.4. The lowest BCUT2D eigenvalue weighted by atomic mass is 10.1. The molecule has 4 rings (SSSR count). The summed E-state index contributed by atoms with van der Waals surface area (Å²) in [5.74, 6) is -0.0764. The molecular weight excluding hydrogens is 338 g/mol. The van der Waals surface area contributed by atoms with Crippen molar-refractivity contribution in [3.8, 4) is 0 Å². The van der Waals surface area contributed by atoms with Gasteiger partial charge in [0.15, 0.2) is 0 Å². The van der Waals surface area contributed by atoms with E-state index in [1.807, 2.05) is 54.1 Å². The number of fused-ring (bicyclic) bond motifs is 1. The highest BCUT2D eigenvalue weighted by atomic mass is 16.5. The standard InChI is InChI=1S/C22H23N3O2/c1-16-7-5-6-10-19(16)22(26)23-13-20-21-18(11-12-27-20)15-25(24-21)14-17-8-3-2-4-9-17/h2-10,15,20H,11-14H2,1H3,(H,23,26)/t20-/m1/s1. The summed E-state index contributed by atoms with van der Waals surface area (Å²) < 4.78 is 7.86. The van der Waals surface area contributed by atoms with Gasteiger partial charge in [-0.2, -0.15) is 5.10 Å². The van der Waals surface area contributed by atoms with Crippen molar-refractivity contribution in [2.24, 2.45) is 0 Å². The lowest BCUT2D eigenvalue weighted by molar-refractivity contribution is 0.0383. The Labute approximate surface area is 159 Å². The molecule has 27 heavy (non-hydrogen) atoms. The highest BCUT2D eigenvalue weighted by Crippen LogP contribution is 2.25. The van der Waals surface area contributed by atoms with Crippen LogP contribution in [0.15, 0.2) is 60.8 Å². The molecule has 5 heteroatoms. The minimum Gasteiger partial charge on any atom is -0.370 e. The Morgan fingerprint density at radius 1 is 1.19 bits per heavy atom. The number of hydrogen-bond acceptors (Lipinski definition) is 3. The third kappa shape index (κ3) is 3.93. The monoisotopic (exact) mass is 361 g/mol. The van der Waals surface area contributed by atoms with Crippen LogP contribution in [0.5, 0.6) is 0 Å². The fourth-order valence-electron chi connectivity index (χ4n) is 3.45. The predicted octanol–water partition coefficient (Wildman–Crippen LogP) is 3.28. The van der Waals surface area contributed by atoms with E-state index in [0.717, 1.165) is 24.2 Å². The van der Waals surface area contributed by atoms with Gasteiger partial charge in [0.25, 0.3) is 5.91 Å². The molecule has 138 valence electrons. The largest absolute Gasteiger partial charge is 0.370 e. The van der Waals surface area contributed by atoms with Crippen LogP contribution >= 0.6 is 0 Å². The van der Waals surface area contributed by atoms with Crippen LogP contribution in [0.3, 0.4) is 0 Å². The van der Waals surface area contributed by atoms with Gasteiger partial charge in [-0.1, -0.05) is 48.5 Å².